The Hall–Kier alpha value is -1.09. The number of hydrogen-bond donors (Lipinski definition) is 1. The smallest absolute Gasteiger partial charge is 0.251 e. The molecular formula is C14H17ClN2O. The molecule has 2 aliphatic rings. The summed E-state index contributed by atoms with van der Waals surface area (Å²) in [6, 6.07) is 3.79. The fourth-order valence-electron chi connectivity index (χ4n) is 3.43. The van der Waals surface area contributed by atoms with Crippen LogP contribution >= 0.6 is 11.6 Å². The van der Waals surface area contributed by atoms with Gasteiger partial charge in [-0.15, -0.1) is 0 Å². The molecule has 1 N–H and O–H groups in total. The number of nitrogens with zero attached hydrogens (tertiary/aromatic N) is 1. The molecule has 3 rings (SSSR count). The molecule has 1 heterocycles. The molecule has 0 aliphatic heterocycles. The van der Waals surface area contributed by atoms with E-state index in [1.165, 1.54) is 19.3 Å². The zero-order valence-corrected chi connectivity index (χ0v) is 11.2. The number of hydrogen-bond acceptors (Lipinski definition) is 2. The largest absolute Gasteiger partial charge is 0.349 e. The highest BCUT2D eigenvalue weighted by molar-refractivity contribution is 6.29. The van der Waals surface area contributed by atoms with Gasteiger partial charge in [0.2, 0.25) is 0 Å². The quantitative estimate of drug-likeness (QED) is 0.835. The molecule has 18 heavy (non-hydrogen) atoms. The van der Waals surface area contributed by atoms with E-state index in [1.54, 1.807) is 12.1 Å². The van der Waals surface area contributed by atoms with E-state index in [-0.39, 0.29) is 5.91 Å². The molecular weight excluding hydrogens is 248 g/mol. The Morgan fingerprint density at radius 1 is 1.39 bits per heavy atom. The van der Waals surface area contributed by atoms with Crippen LogP contribution in [0.25, 0.3) is 0 Å². The molecule has 96 valence electrons. The highest BCUT2D eigenvalue weighted by Crippen LogP contribution is 2.44. The SMILES string of the molecule is Cc1cc(C(=O)NC2CC3CCC2C3)cc(Cl)n1. The summed E-state index contributed by atoms with van der Waals surface area (Å²) in [5.41, 5.74) is 1.40. The lowest BCUT2D eigenvalue weighted by Gasteiger charge is -2.22. The Morgan fingerprint density at radius 3 is 2.83 bits per heavy atom. The molecule has 0 radical (unpaired) electrons. The Bertz CT molecular complexity index is 468. The summed E-state index contributed by atoms with van der Waals surface area (Å²) in [6.45, 7) is 1.85. The first kappa shape index (κ1) is 12.0. The number of carbonyl (C=O) groups is 1. The van der Waals surface area contributed by atoms with Crippen LogP contribution in [0, 0.1) is 18.8 Å². The van der Waals surface area contributed by atoms with E-state index in [2.05, 4.69) is 10.3 Å². The molecule has 2 saturated carbocycles. The van der Waals surface area contributed by atoms with Gasteiger partial charge in [0.1, 0.15) is 5.15 Å². The van der Waals surface area contributed by atoms with Crippen LogP contribution in [0.3, 0.4) is 0 Å². The predicted molar refractivity (Wildman–Crippen MR) is 70.7 cm³/mol. The summed E-state index contributed by atoms with van der Waals surface area (Å²) in [5, 5.41) is 3.54. The lowest BCUT2D eigenvalue weighted by Crippen LogP contribution is -2.38. The Labute approximate surface area is 112 Å². The minimum absolute atomic E-state index is 0.0139. The van der Waals surface area contributed by atoms with Crippen LogP contribution in [-0.2, 0) is 0 Å². The second-order valence-electron chi connectivity index (χ2n) is 5.57. The topological polar surface area (TPSA) is 42.0 Å². The number of halogens is 1. The summed E-state index contributed by atoms with van der Waals surface area (Å²) in [5.74, 6) is 1.51. The highest BCUT2D eigenvalue weighted by Gasteiger charge is 2.40. The van der Waals surface area contributed by atoms with Crippen molar-refractivity contribution < 1.29 is 4.79 Å². The van der Waals surface area contributed by atoms with Gasteiger partial charge in [-0.2, -0.15) is 0 Å². The average molecular weight is 265 g/mol. The van der Waals surface area contributed by atoms with Gasteiger partial charge in [-0.25, -0.2) is 4.98 Å². The second kappa shape index (κ2) is 4.54. The maximum absolute atomic E-state index is 12.2. The molecule has 3 unspecified atom stereocenters. The average Bonchev–Trinajstić information content (AvgIpc) is 2.89. The van der Waals surface area contributed by atoms with E-state index in [1.807, 2.05) is 6.92 Å². The van der Waals surface area contributed by atoms with Crippen molar-refractivity contribution in [3.8, 4) is 0 Å². The third kappa shape index (κ3) is 2.24. The van der Waals surface area contributed by atoms with Gasteiger partial charge in [-0.1, -0.05) is 18.0 Å². The van der Waals surface area contributed by atoms with Crippen LogP contribution in [-0.4, -0.2) is 16.9 Å². The number of pyridine rings is 1. The fourth-order valence-corrected chi connectivity index (χ4v) is 3.68. The second-order valence-corrected chi connectivity index (χ2v) is 5.96. The van der Waals surface area contributed by atoms with Gasteiger partial charge in [0, 0.05) is 17.3 Å². The predicted octanol–water partition coefficient (Wildman–Crippen LogP) is 2.96. The maximum atomic E-state index is 12.2. The van der Waals surface area contributed by atoms with Crippen LogP contribution in [0.15, 0.2) is 12.1 Å². The van der Waals surface area contributed by atoms with Crippen molar-refractivity contribution in [2.75, 3.05) is 0 Å². The van der Waals surface area contributed by atoms with Crippen molar-refractivity contribution in [3.05, 3.63) is 28.5 Å². The van der Waals surface area contributed by atoms with Gasteiger partial charge in [-0.3, -0.25) is 4.79 Å². The lowest BCUT2D eigenvalue weighted by molar-refractivity contribution is 0.0922. The Balaban J connectivity index is 1.71. The first-order chi connectivity index (χ1) is 8.61. The van der Waals surface area contributed by atoms with E-state index in [0.717, 1.165) is 18.0 Å². The van der Waals surface area contributed by atoms with Crippen LogP contribution < -0.4 is 5.32 Å². The standard InChI is InChI=1S/C14H17ClN2O/c1-8-4-11(7-13(15)16-8)14(18)17-12-6-9-2-3-10(12)5-9/h4,7,9-10,12H,2-3,5-6H2,1H3,(H,17,18). The van der Waals surface area contributed by atoms with Gasteiger partial charge >= 0.3 is 0 Å². The number of aryl methyl sites for hydroxylation is 1. The Morgan fingerprint density at radius 2 is 2.22 bits per heavy atom. The third-order valence-corrected chi connectivity index (χ3v) is 4.43. The molecule has 2 aliphatic carbocycles. The van der Waals surface area contributed by atoms with Gasteiger partial charge in [0.05, 0.1) is 0 Å². The van der Waals surface area contributed by atoms with E-state index in [9.17, 15) is 4.79 Å². The van der Waals surface area contributed by atoms with Gasteiger partial charge in [0.25, 0.3) is 5.91 Å². The van der Waals surface area contributed by atoms with Crippen molar-refractivity contribution in [2.45, 2.75) is 38.6 Å². The summed E-state index contributed by atoms with van der Waals surface area (Å²) in [4.78, 5) is 16.3. The number of amides is 1. The first-order valence-corrected chi connectivity index (χ1v) is 6.94. The molecule has 4 heteroatoms. The van der Waals surface area contributed by atoms with Crippen LogP contribution in [0.1, 0.15) is 41.7 Å². The first-order valence-electron chi connectivity index (χ1n) is 6.57. The summed E-state index contributed by atoms with van der Waals surface area (Å²) < 4.78 is 0. The third-order valence-electron chi connectivity index (χ3n) is 4.24. The monoisotopic (exact) mass is 264 g/mol. The van der Waals surface area contributed by atoms with Gasteiger partial charge in [0.15, 0.2) is 0 Å². The molecule has 1 aromatic heterocycles. The number of aromatic nitrogens is 1. The van der Waals surface area contributed by atoms with Crippen LogP contribution in [0.4, 0.5) is 0 Å². The zero-order valence-electron chi connectivity index (χ0n) is 10.4. The molecule has 2 bridgehead atoms. The zero-order chi connectivity index (χ0) is 12.7. The van der Waals surface area contributed by atoms with Gasteiger partial charge < -0.3 is 5.32 Å². The minimum Gasteiger partial charge on any atom is -0.349 e. The summed E-state index contributed by atoms with van der Waals surface area (Å²) in [7, 11) is 0. The van der Waals surface area contributed by atoms with E-state index in [0.29, 0.717) is 22.7 Å². The van der Waals surface area contributed by atoms with Crippen LogP contribution in [0.5, 0.6) is 0 Å². The van der Waals surface area contributed by atoms with E-state index >= 15 is 0 Å². The normalized spacial score (nSPS) is 29.6. The number of rotatable bonds is 2. The number of nitrogens with one attached hydrogen (secondary N) is 1. The number of fused-ring (bicyclic) bond motifs is 2. The number of carbonyl (C=O) groups excluding carboxylic acids is 1. The molecule has 0 spiro atoms. The van der Waals surface area contributed by atoms with Crippen molar-refractivity contribution in [1.82, 2.24) is 10.3 Å². The highest BCUT2D eigenvalue weighted by atomic mass is 35.5. The summed E-state index contributed by atoms with van der Waals surface area (Å²) >= 11 is 5.88. The van der Waals surface area contributed by atoms with E-state index in [4.69, 9.17) is 11.6 Å². The fraction of sp³-hybridized carbons (Fsp3) is 0.571. The molecule has 0 aromatic carbocycles. The molecule has 0 saturated heterocycles. The van der Waals surface area contributed by atoms with E-state index < -0.39 is 0 Å². The maximum Gasteiger partial charge on any atom is 0.251 e. The van der Waals surface area contributed by atoms with Crippen molar-refractivity contribution in [2.24, 2.45) is 11.8 Å². The Kier molecular flexibility index (Phi) is 3.02. The lowest BCUT2D eigenvalue weighted by atomic mass is 9.95. The van der Waals surface area contributed by atoms with Gasteiger partial charge in [-0.05, 0) is 50.2 Å². The minimum atomic E-state index is -0.0139. The molecule has 3 nitrogen and oxygen atoms in total. The van der Waals surface area contributed by atoms with Crippen molar-refractivity contribution in [3.63, 3.8) is 0 Å². The summed E-state index contributed by atoms with van der Waals surface area (Å²) in [6.07, 6.45) is 5.05. The van der Waals surface area contributed by atoms with Crippen molar-refractivity contribution in [1.29, 1.82) is 0 Å². The van der Waals surface area contributed by atoms with Crippen molar-refractivity contribution >= 4 is 17.5 Å². The molecule has 2 fully saturated rings. The molecule has 3 atom stereocenters. The van der Waals surface area contributed by atoms with Crippen LogP contribution in [0.2, 0.25) is 5.15 Å². The molecule has 1 aromatic rings. The molecule has 1 amide bonds.